The lowest BCUT2D eigenvalue weighted by atomic mass is 10.2. The average Bonchev–Trinajstić information content (AvgIpc) is 2.83. The minimum atomic E-state index is -3.70. The number of hydrogen-bond donors (Lipinski definition) is 3. The lowest BCUT2D eigenvalue weighted by molar-refractivity contribution is -0.129. The maximum atomic E-state index is 12.8. The van der Waals surface area contributed by atoms with Crippen LogP contribution in [0.15, 0.2) is 53.4 Å². The molecule has 3 rings (SSSR count). The lowest BCUT2D eigenvalue weighted by Gasteiger charge is -2.33. The first kappa shape index (κ1) is 25.2. The fourth-order valence-corrected chi connectivity index (χ4v) is 4.94. The van der Waals surface area contributed by atoms with E-state index in [4.69, 9.17) is 0 Å². The number of phenols is 1. The van der Waals surface area contributed by atoms with Crippen molar-refractivity contribution in [2.45, 2.75) is 18.2 Å². The summed E-state index contributed by atoms with van der Waals surface area (Å²) in [7, 11) is -3.70. The van der Waals surface area contributed by atoms with Gasteiger partial charge in [-0.1, -0.05) is 6.07 Å². The van der Waals surface area contributed by atoms with Crippen LogP contribution < -0.4 is 10.6 Å². The Labute approximate surface area is 198 Å². The first-order valence-electron chi connectivity index (χ1n) is 10.9. The van der Waals surface area contributed by atoms with Gasteiger partial charge in [-0.2, -0.15) is 4.31 Å². The molecule has 3 N–H and O–H groups in total. The number of aromatic hydroxyl groups is 1. The van der Waals surface area contributed by atoms with E-state index in [1.54, 1.807) is 17.0 Å². The van der Waals surface area contributed by atoms with E-state index in [1.807, 2.05) is 0 Å². The molecule has 0 saturated carbocycles. The minimum absolute atomic E-state index is 0.00860. The van der Waals surface area contributed by atoms with E-state index in [1.165, 1.54) is 47.6 Å². The van der Waals surface area contributed by atoms with Gasteiger partial charge < -0.3 is 20.6 Å². The van der Waals surface area contributed by atoms with Gasteiger partial charge in [0, 0.05) is 57.3 Å². The molecule has 34 heavy (non-hydrogen) atoms. The third kappa shape index (κ3) is 6.33. The topological polar surface area (TPSA) is 136 Å². The molecule has 0 radical (unpaired) electrons. The van der Waals surface area contributed by atoms with Crippen molar-refractivity contribution in [1.29, 1.82) is 0 Å². The summed E-state index contributed by atoms with van der Waals surface area (Å²) in [6, 6.07) is 11.7. The summed E-state index contributed by atoms with van der Waals surface area (Å²) in [5.74, 6) is -0.736. The van der Waals surface area contributed by atoms with Crippen molar-refractivity contribution in [3.63, 3.8) is 0 Å². The van der Waals surface area contributed by atoms with Crippen LogP contribution in [0.1, 0.15) is 34.1 Å². The molecule has 11 heteroatoms. The molecule has 1 fully saturated rings. The number of phenolic OH excluding ortho intramolecular Hbond substituents is 1. The highest BCUT2D eigenvalue weighted by Crippen LogP contribution is 2.18. The zero-order valence-corrected chi connectivity index (χ0v) is 19.7. The van der Waals surface area contributed by atoms with Crippen LogP contribution in [-0.4, -0.2) is 79.7 Å². The van der Waals surface area contributed by atoms with Crippen molar-refractivity contribution in [1.82, 2.24) is 19.8 Å². The predicted molar refractivity (Wildman–Crippen MR) is 125 cm³/mol. The molecule has 2 aromatic rings. The lowest BCUT2D eigenvalue weighted by Crippen LogP contribution is -2.49. The molecule has 3 amide bonds. The number of sulfonamides is 1. The summed E-state index contributed by atoms with van der Waals surface area (Å²) in [6.45, 7) is 3.27. The third-order valence-corrected chi connectivity index (χ3v) is 7.38. The Balaban J connectivity index is 1.45. The average molecular weight is 489 g/mol. The Bertz CT molecular complexity index is 1140. The molecule has 1 saturated heterocycles. The number of carbonyl (C=O) groups excluding carboxylic acids is 3. The van der Waals surface area contributed by atoms with Gasteiger partial charge in [0.15, 0.2) is 0 Å². The zero-order chi connectivity index (χ0) is 24.7. The molecule has 2 aromatic carbocycles. The fourth-order valence-electron chi connectivity index (χ4n) is 3.51. The third-order valence-electron chi connectivity index (χ3n) is 5.47. The molecule has 1 aliphatic heterocycles. The molecule has 0 spiro atoms. The first-order valence-corrected chi connectivity index (χ1v) is 12.3. The second kappa shape index (κ2) is 11.1. The van der Waals surface area contributed by atoms with Crippen LogP contribution in [0.3, 0.4) is 0 Å². The highest BCUT2D eigenvalue weighted by molar-refractivity contribution is 7.89. The predicted octanol–water partition coefficient (Wildman–Crippen LogP) is 0.795. The molecule has 0 aromatic heterocycles. The van der Waals surface area contributed by atoms with E-state index in [-0.39, 0.29) is 41.5 Å². The van der Waals surface area contributed by atoms with Crippen LogP contribution in [0, 0.1) is 0 Å². The van der Waals surface area contributed by atoms with E-state index < -0.39 is 10.0 Å². The number of hydrogen-bond acceptors (Lipinski definition) is 6. The monoisotopic (exact) mass is 488 g/mol. The number of amides is 3. The van der Waals surface area contributed by atoms with Crippen LogP contribution in [-0.2, 0) is 14.8 Å². The fraction of sp³-hybridized carbons (Fsp3) is 0.348. The number of benzene rings is 2. The quantitative estimate of drug-likeness (QED) is 0.470. The van der Waals surface area contributed by atoms with Gasteiger partial charge in [0.25, 0.3) is 11.8 Å². The maximum Gasteiger partial charge on any atom is 0.251 e. The number of piperazine rings is 1. The van der Waals surface area contributed by atoms with Crippen LogP contribution >= 0.6 is 0 Å². The molecule has 1 aliphatic rings. The van der Waals surface area contributed by atoms with Crippen molar-refractivity contribution in [2.24, 2.45) is 0 Å². The summed E-state index contributed by atoms with van der Waals surface area (Å²) in [5.41, 5.74) is 0.670. The number of carbonyl (C=O) groups is 3. The van der Waals surface area contributed by atoms with Gasteiger partial charge in [0.1, 0.15) is 5.75 Å². The van der Waals surface area contributed by atoms with Gasteiger partial charge >= 0.3 is 0 Å². The molecule has 0 atom stereocenters. The minimum Gasteiger partial charge on any atom is -0.508 e. The highest BCUT2D eigenvalue weighted by atomic mass is 32.2. The van der Waals surface area contributed by atoms with Crippen LogP contribution in [0.2, 0.25) is 0 Å². The Kier molecular flexibility index (Phi) is 8.24. The Hall–Kier alpha value is -3.44. The summed E-state index contributed by atoms with van der Waals surface area (Å²) < 4.78 is 27.0. The second-order valence-corrected chi connectivity index (χ2v) is 9.79. The van der Waals surface area contributed by atoms with E-state index in [0.29, 0.717) is 43.7 Å². The maximum absolute atomic E-state index is 12.8. The van der Waals surface area contributed by atoms with E-state index >= 15 is 0 Å². The zero-order valence-electron chi connectivity index (χ0n) is 18.9. The Morgan fingerprint density at radius 2 is 1.47 bits per heavy atom. The van der Waals surface area contributed by atoms with Crippen LogP contribution in [0.4, 0.5) is 0 Å². The molecule has 10 nitrogen and oxygen atoms in total. The van der Waals surface area contributed by atoms with Crippen molar-refractivity contribution in [2.75, 3.05) is 39.3 Å². The van der Waals surface area contributed by atoms with Crippen LogP contribution in [0.25, 0.3) is 0 Å². The molecule has 0 unspecified atom stereocenters. The van der Waals surface area contributed by atoms with E-state index in [2.05, 4.69) is 10.6 Å². The van der Waals surface area contributed by atoms with Crippen molar-refractivity contribution in [3.8, 4) is 5.75 Å². The van der Waals surface area contributed by atoms with Gasteiger partial charge in [-0.05, 0) is 48.9 Å². The van der Waals surface area contributed by atoms with Gasteiger partial charge in [0.2, 0.25) is 15.9 Å². The smallest absolute Gasteiger partial charge is 0.251 e. The summed E-state index contributed by atoms with van der Waals surface area (Å²) in [5, 5.41) is 14.9. The second-order valence-electron chi connectivity index (χ2n) is 7.85. The van der Waals surface area contributed by atoms with Gasteiger partial charge in [-0.25, -0.2) is 8.42 Å². The van der Waals surface area contributed by atoms with Crippen LogP contribution in [0.5, 0.6) is 5.75 Å². The molecule has 182 valence electrons. The van der Waals surface area contributed by atoms with E-state index in [0.717, 1.165) is 0 Å². The standard InChI is InChI=1S/C23H28N4O6S/c1-17(28)26-12-14-27(15-13-26)34(32,33)21-8-6-18(7-9-21)22(30)24-10-3-11-25-23(31)19-4-2-5-20(29)16-19/h2,4-9,16,29H,3,10-15H2,1H3,(H,24,30)(H,25,31). The first-order chi connectivity index (χ1) is 16.2. The summed E-state index contributed by atoms with van der Waals surface area (Å²) >= 11 is 0. The normalized spacial score (nSPS) is 14.4. The van der Waals surface area contributed by atoms with Gasteiger partial charge in [0.05, 0.1) is 4.90 Å². The van der Waals surface area contributed by atoms with Crippen molar-refractivity contribution >= 4 is 27.7 Å². The van der Waals surface area contributed by atoms with Crippen molar-refractivity contribution in [3.05, 3.63) is 59.7 Å². The van der Waals surface area contributed by atoms with E-state index in [9.17, 15) is 27.9 Å². The summed E-state index contributed by atoms with van der Waals surface area (Å²) in [6.07, 6.45) is 0.495. The Morgan fingerprint density at radius 1 is 0.882 bits per heavy atom. The molecule has 1 heterocycles. The number of rotatable bonds is 8. The SMILES string of the molecule is CC(=O)N1CCN(S(=O)(=O)c2ccc(C(=O)NCCCNC(=O)c3cccc(O)c3)cc2)CC1. The largest absolute Gasteiger partial charge is 0.508 e. The highest BCUT2D eigenvalue weighted by Gasteiger charge is 2.29. The molecule has 0 bridgehead atoms. The molecular weight excluding hydrogens is 460 g/mol. The Morgan fingerprint density at radius 3 is 2.03 bits per heavy atom. The molecule has 0 aliphatic carbocycles. The van der Waals surface area contributed by atoms with Gasteiger partial charge in [-0.3, -0.25) is 14.4 Å². The number of nitrogens with zero attached hydrogens (tertiary/aromatic N) is 2. The number of nitrogens with one attached hydrogen (secondary N) is 2. The van der Waals surface area contributed by atoms with Crippen molar-refractivity contribution < 1.29 is 27.9 Å². The summed E-state index contributed by atoms with van der Waals surface area (Å²) in [4.78, 5) is 37.5. The van der Waals surface area contributed by atoms with Gasteiger partial charge in [-0.15, -0.1) is 0 Å². The molecular formula is C23H28N4O6S.